The minimum absolute atomic E-state index is 0.0270. The van der Waals surface area contributed by atoms with E-state index in [-0.39, 0.29) is 17.2 Å². The molecule has 1 N–H and O–H groups in total. The summed E-state index contributed by atoms with van der Waals surface area (Å²) in [6, 6.07) is 7.42. The Morgan fingerprint density at radius 1 is 1.19 bits per heavy atom. The van der Waals surface area contributed by atoms with Gasteiger partial charge in [0.1, 0.15) is 0 Å². The van der Waals surface area contributed by atoms with Gasteiger partial charge in [0, 0.05) is 24.5 Å². The summed E-state index contributed by atoms with van der Waals surface area (Å²) >= 11 is 1.58. The highest BCUT2D eigenvalue weighted by molar-refractivity contribution is 7.89. The highest BCUT2D eigenvalue weighted by Gasteiger charge is 2.17. The third-order valence-electron chi connectivity index (χ3n) is 3.63. The summed E-state index contributed by atoms with van der Waals surface area (Å²) in [6.45, 7) is 2.08. The molecule has 0 aliphatic rings. The molecule has 0 saturated carbocycles. The van der Waals surface area contributed by atoms with E-state index in [1.54, 1.807) is 30.7 Å². The Morgan fingerprint density at radius 2 is 2.04 bits per heavy atom. The zero-order valence-electron chi connectivity index (χ0n) is 14.0. The van der Waals surface area contributed by atoms with Gasteiger partial charge in [-0.1, -0.05) is 0 Å². The van der Waals surface area contributed by atoms with Crippen LogP contribution in [0.4, 0.5) is 4.39 Å². The number of sulfonamides is 1. The first-order chi connectivity index (χ1) is 12.5. The molecule has 0 aliphatic heterocycles. The minimum atomic E-state index is -3.85. The molecule has 2 heterocycles. The van der Waals surface area contributed by atoms with E-state index in [2.05, 4.69) is 9.71 Å². The molecular weight excluding hydrogens is 375 g/mol. The monoisotopic (exact) mass is 392 g/mol. The molecule has 0 spiro atoms. The van der Waals surface area contributed by atoms with Crippen molar-refractivity contribution in [3.05, 3.63) is 64.9 Å². The number of hydrogen-bond donors (Lipinski definition) is 1. The molecular formula is C18H17FN2O3S2. The van der Waals surface area contributed by atoms with Crippen LogP contribution in [-0.2, 0) is 16.6 Å². The number of aromatic nitrogens is 1. The summed E-state index contributed by atoms with van der Waals surface area (Å²) < 4.78 is 46.3. The molecule has 26 heavy (non-hydrogen) atoms. The van der Waals surface area contributed by atoms with Crippen LogP contribution in [-0.4, -0.2) is 20.0 Å². The largest absolute Gasteiger partial charge is 0.491 e. The van der Waals surface area contributed by atoms with Crippen molar-refractivity contribution in [2.24, 2.45) is 0 Å². The van der Waals surface area contributed by atoms with Gasteiger partial charge in [0.05, 0.1) is 11.5 Å². The highest BCUT2D eigenvalue weighted by Crippen LogP contribution is 2.23. The summed E-state index contributed by atoms with van der Waals surface area (Å²) in [6.07, 6.45) is 3.32. The van der Waals surface area contributed by atoms with Crippen molar-refractivity contribution in [2.75, 3.05) is 6.61 Å². The van der Waals surface area contributed by atoms with Gasteiger partial charge in [-0.05, 0) is 59.1 Å². The molecule has 0 unspecified atom stereocenters. The standard InChI is InChI=1S/C18H17FN2O3S2/c1-2-24-18-4-3-16(8-17(18)19)26(22,23)21-10-13-7-15(11-20-9-13)14-5-6-25-12-14/h3-9,11-12,21H,2,10H2,1H3. The number of halogens is 1. The number of ether oxygens (including phenoxy) is 1. The summed E-state index contributed by atoms with van der Waals surface area (Å²) in [7, 11) is -3.85. The van der Waals surface area contributed by atoms with Crippen molar-refractivity contribution < 1.29 is 17.5 Å². The van der Waals surface area contributed by atoms with E-state index in [0.29, 0.717) is 12.2 Å². The smallest absolute Gasteiger partial charge is 0.240 e. The van der Waals surface area contributed by atoms with Crippen LogP contribution >= 0.6 is 11.3 Å². The average molecular weight is 392 g/mol. The zero-order chi connectivity index (χ0) is 18.6. The van der Waals surface area contributed by atoms with E-state index in [1.807, 2.05) is 22.9 Å². The molecule has 136 valence electrons. The van der Waals surface area contributed by atoms with Crippen molar-refractivity contribution in [3.8, 4) is 16.9 Å². The fourth-order valence-corrected chi connectivity index (χ4v) is 4.05. The van der Waals surface area contributed by atoms with Gasteiger partial charge in [-0.15, -0.1) is 0 Å². The number of pyridine rings is 1. The number of hydrogen-bond acceptors (Lipinski definition) is 5. The maximum absolute atomic E-state index is 13.9. The Morgan fingerprint density at radius 3 is 2.73 bits per heavy atom. The Labute approximate surface area is 155 Å². The number of nitrogens with one attached hydrogen (secondary N) is 1. The quantitative estimate of drug-likeness (QED) is 0.664. The normalized spacial score (nSPS) is 11.5. The Hall–Kier alpha value is -2.29. The van der Waals surface area contributed by atoms with E-state index in [9.17, 15) is 12.8 Å². The van der Waals surface area contributed by atoms with E-state index in [4.69, 9.17) is 4.74 Å². The number of nitrogens with zero attached hydrogens (tertiary/aromatic N) is 1. The SMILES string of the molecule is CCOc1ccc(S(=O)(=O)NCc2cncc(-c3ccsc3)c2)cc1F. The first-order valence-corrected chi connectivity index (χ1v) is 10.3. The molecule has 3 aromatic rings. The van der Waals surface area contributed by atoms with Crippen LogP contribution in [0.5, 0.6) is 5.75 Å². The third kappa shape index (κ3) is 4.27. The number of rotatable bonds is 7. The van der Waals surface area contributed by atoms with E-state index in [0.717, 1.165) is 17.2 Å². The average Bonchev–Trinajstić information content (AvgIpc) is 3.17. The first kappa shape index (κ1) is 18.5. The lowest BCUT2D eigenvalue weighted by Gasteiger charge is -2.09. The van der Waals surface area contributed by atoms with Crippen LogP contribution in [0.1, 0.15) is 12.5 Å². The molecule has 0 radical (unpaired) electrons. The zero-order valence-corrected chi connectivity index (χ0v) is 15.6. The highest BCUT2D eigenvalue weighted by atomic mass is 32.2. The van der Waals surface area contributed by atoms with E-state index >= 15 is 0 Å². The van der Waals surface area contributed by atoms with Crippen LogP contribution in [0.25, 0.3) is 11.1 Å². The molecule has 0 fully saturated rings. The van der Waals surface area contributed by atoms with Crippen molar-refractivity contribution in [3.63, 3.8) is 0 Å². The number of thiophene rings is 1. The fourth-order valence-electron chi connectivity index (χ4n) is 2.35. The predicted octanol–water partition coefficient (Wildman–Crippen LogP) is 3.83. The molecule has 0 saturated heterocycles. The molecule has 2 aromatic heterocycles. The van der Waals surface area contributed by atoms with Gasteiger partial charge in [-0.3, -0.25) is 4.98 Å². The van der Waals surface area contributed by atoms with Crippen LogP contribution < -0.4 is 9.46 Å². The summed E-state index contributed by atoms with van der Waals surface area (Å²) in [4.78, 5) is 4.00. The van der Waals surface area contributed by atoms with Gasteiger partial charge in [0.25, 0.3) is 0 Å². The van der Waals surface area contributed by atoms with Crippen molar-refractivity contribution >= 4 is 21.4 Å². The summed E-state index contributed by atoms with van der Waals surface area (Å²) in [5.74, 6) is -0.685. The molecule has 0 bridgehead atoms. The lowest BCUT2D eigenvalue weighted by molar-refractivity contribution is 0.321. The summed E-state index contributed by atoms with van der Waals surface area (Å²) in [5, 5.41) is 3.96. The van der Waals surface area contributed by atoms with Crippen LogP contribution in [0.2, 0.25) is 0 Å². The van der Waals surface area contributed by atoms with Crippen LogP contribution in [0.15, 0.2) is 58.4 Å². The maximum Gasteiger partial charge on any atom is 0.240 e. The first-order valence-electron chi connectivity index (χ1n) is 7.88. The third-order valence-corrected chi connectivity index (χ3v) is 5.71. The van der Waals surface area contributed by atoms with E-state index < -0.39 is 15.8 Å². The van der Waals surface area contributed by atoms with Gasteiger partial charge in [0.2, 0.25) is 10.0 Å². The van der Waals surface area contributed by atoms with Crippen LogP contribution in [0.3, 0.4) is 0 Å². The molecule has 0 atom stereocenters. The summed E-state index contributed by atoms with van der Waals surface area (Å²) in [5.41, 5.74) is 2.65. The van der Waals surface area contributed by atoms with Gasteiger partial charge < -0.3 is 4.74 Å². The fraction of sp³-hybridized carbons (Fsp3) is 0.167. The van der Waals surface area contributed by atoms with E-state index in [1.165, 1.54) is 12.1 Å². The molecule has 0 aliphatic carbocycles. The van der Waals surface area contributed by atoms with Gasteiger partial charge in [0.15, 0.2) is 11.6 Å². The Bertz CT molecular complexity index is 989. The lowest BCUT2D eigenvalue weighted by Crippen LogP contribution is -2.23. The topological polar surface area (TPSA) is 68.3 Å². The minimum Gasteiger partial charge on any atom is -0.491 e. The molecule has 3 rings (SSSR count). The second kappa shape index (κ2) is 7.94. The van der Waals surface area contributed by atoms with Crippen LogP contribution in [0, 0.1) is 5.82 Å². The van der Waals surface area contributed by atoms with Gasteiger partial charge in [-0.25, -0.2) is 17.5 Å². The lowest BCUT2D eigenvalue weighted by atomic mass is 10.1. The maximum atomic E-state index is 13.9. The van der Waals surface area contributed by atoms with Crippen molar-refractivity contribution in [2.45, 2.75) is 18.4 Å². The van der Waals surface area contributed by atoms with Gasteiger partial charge in [-0.2, -0.15) is 11.3 Å². The molecule has 0 amide bonds. The predicted molar refractivity (Wildman–Crippen MR) is 99.1 cm³/mol. The Kier molecular flexibility index (Phi) is 5.65. The Balaban J connectivity index is 1.74. The number of benzene rings is 1. The molecule has 1 aromatic carbocycles. The molecule has 8 heteroatoms. The second-order valence-corrected chi connectivity index (χ2v) is 7.99. The van der Waals surface area contributed by atoms with Crippen molar-refractivity contribution in [1.29, 1.82) is 0 Å². The van der Waals surface area contributed by atoms with Gasteiger partial charge >= 0.3 is 0 Å². The van der Waals surface area contributed by atoms with Crippen molar-refractivity contribution in [1.82, 2.24) is 9.71 Å². The molecule has 5 nitrogen and oxygen atoms in total. The second-order valence-electron chi connectivity index (χ2n) is 5.44.